The minimum Gasteiger partial charge on any atom is -0.482 e. The zero-order chi connectivity index (χ0) is 22.2. The van der Waals surface area contributed by atoms with E-state index in [9.17, 15) is 9.18 Å². The van der Waals surface area contributed by atoms with Gasteiger partial charge < -0.3 is 14.8 Å². The third kappa shape index (κ3) is 4.27. The van der Waals surface area contributed by atoms with Crippen LogP contribution in [-0.2, 0) is 20.8 Å². The molecule has 2 aromatic rings. The van der Waals surface area contributed by atoms with Crippen molar-refractivity contribution in [3.63, 3.8) is 0 Å². The lowest BCUT2D eigenvalue weighted by molar-refractivity contribution is -0.111. The maximum absolute atomic E-state index is 13.8. The number of ether oxygens (including phenoxy) is 2. The van der Waals surface area contributed by atoms with Gasteiger partial charge in [0.2, 0.25) is 0 Å². The van der Waals surface area contributed by atoms with Crippen molar-refractivity contribution in [2.45, 2.75) is 26.0 Å². The van der Waals surface area contributed by atoms with Crippen LogP contribution >= 0.6 is 0 Å². The Hall–Kier alpha value is -2.96. The van der Waals surface area contributed by atoms with Crippen LogP contribution in [0.5, 0.6) is 0 Å². The molecule has 5 nitrogen and oxygen atoms in total. The number of nitrogens with one attached hydrogen (secondary N) is 1. The average molecular weight is 423 g/mol. The third-order valence-electron chi connectivity index (χ3n) is 5.66. The van der Waals surface area contributed by atoms with Crippen molar-refractivity contribution in [3.8, 4) is 0 Å². The second-order valence-corrected chi connectivity index (χ2v) is 8.48. The summed E-state index contributed by atoms with van der Waals surface area (Å²) in [6.45, 7) is 6.34. The van der Waals surface area contributed by atoms with Crippen molar-refractivity contribution in [1.29, 1.82) is 0 Å². The Morgan fingerprint density at radius 3 is 2.61 bits per heavy atom. The Morgan fingerprint density at radius 2 is 1.90 bits per heavy atom. The van der Waals surface area contributed by atoms with Gasteiger partial charge in [0.25, 0.3) is 5.91 Å². The van der Waals surface area contributed by atoms with Gasteiger partial charge in [-0.3, -0.25) is 9.69 Å². The summed E-state index contributed by atoms with van der Waals surface area (Å²) in [5.74, 6) is -0.204. The molecule has 1 N–H and O–H groups in total. The molecule has 0 saturated carbocycles. The number of carbonyl (C=O) groups is 1. The standard InChI is InChI=1S/C25H27FN2O3/c1-25(2)20(17-7-5-16(6-8-17)15-28(3)11-12-30-4)14-22(31-25)23-19-13-18(26)9-10-21(19)27-24(23)29/h5-10,13-14H,11-12,15H2,1-4H3,(H,27,29). The van der Waals surface area contributed by atoms with Crippen molar-refractivity contribution in [2.24, 2.45) is 0 Å². The summed E-state index contributed by atoms with van der Waals surface area (Å²) >= 11 is 0. The van der Waals surface area contributed by atoms with Gasteiger partial charge in [-0.05, 0) is 56.3 Å². The van der Waals surface area contributed by atoms with Gasteiger partial charge in [-0.1, -0.05) is 24.3 Å². The van der Waals surface area contributed by atoms with E-state index >= 15 is 0 Å². The molecule has 1 amide bonds. The monoisotopic (exact) mass is 422 g/mol. The molecule has 0 aromatic heterocycles. The first-order valence-corrected chi connectivity index (χ1v) is 10.3. The largest absolute Gasteiger partial charge is 0.482 e. The summed E-state index contributed by atoms with van der Waals surface area (Å²) in [7, 11) is 3.77. The lowest BCUT2D eigenvalue weighted by Crippen LogP contribution is -2.22. The third-order valence-corrected chi connectivity index (χ3v) is 5.66. The SMILES string of the molecule is COCCN(C)Cc1ccc(C2=CC(=C3C(=O)Nc4ccc(F)cc43)OC2(C)C)cc1. The maximum Gasteiger partial charge on any atom is 0.260 e. The molecule has 162 valence electrons. The fourth-order valence-corrected chi connectivity index (χ4v) is 4.03. The molecule has 0 spiro atoms. The number of hydrogen-bond acceptors (Lipinski definition) is 4. The van der Waals surface area contributed by atoms with Gasteiger partial charge in [0, 0.05) is 37.0 Å². The smallest absolute Gasteiger partial charge is 0.260 e. The first-order valence-electron chi connectivity index (χ1n) is 10.3. The highest BCUT2D eigenvalue weighted by Crippen LogP contribution is 2.44. The summed E-state index contributed by atoms with van der Waals surface area (Å²) in [5, 5.41) is 2.79. The molecule has 4 rings (SSSR count). The van der Waals surface area contributed by atoms with E-state index < -0.39 is 5.60 Å². The van der Waals surface area contributed by atoms with Crippen LogP contribution in [0.4, 0.5) is 10.1 Å². The number of halogens is 1. The molecule has 2 aliphatic heterocycles. The zero-order valence-corrected chi connectivity index (χ0v) is 18.3. The van der Waals surface area contributed by atoms with Gasteiger partial charge >= 0.3 is 0 Å². The summed E-state index contributed by atoms with van der Waals surface area (Å²) in [5.41, 5.74) is 4.09. The van der Waals surface area contributed by atoms with Crippen LogP contribution in [0.2, 0.25) is 0 Å². The molecule has 6 heteroatoms. The van der Waals surface area contributed by atoms with Gasteiger partial charge in [-0.25, -0.2) is 4.39 Å². The number of allylic oxidation sites excluding steroid dienone is 1. The van der Waals surface area contributed by atoms with E-state index in [1.807, 2.05) is 19.9 Å². The average Bonchev–Trinajstić information content (AvgIpc) is 3.21. The fourth-order valence-electron chi connectivity index (χ4n) is 4.03. The van der Waals surface area contributed by atoms with Gasteiger partial charge in [-0.15, -0.1) is 0 Å². The van der Waals surface area contributed by atoms with Crippen molar-refractivity contribution in [3.05, 3.63) is 76.8 Å². The Balaban J connectivity index is 1.64. The maximum atomic E-state index is 13.8. The van der Waals surface area contributed by atoms with E-state index in [4.69, 9.17) is 9.47 Å². The second-order valence-electron chi connectivity index (χ2n) is 8.48. The molecule has 2 heterocycles. The van der Waals surface area contributed by atoms with Crippen LogP contribution < -0.4 is 5.32 Å². The molecule has 0 aliphatic carbocycles. The van der Waals surface area contributed by atoms with Crippen LogP contribution in [0.15, 0.2) is 54.3 Å². The number of amides is 1. The molecule has 0 atom stereocenters. The number of carbonyl (C=O) groups excluding carboxylic acids is 1. The molecule has 0 radical (unpaired) electrons. The van der Waals surface area contributed by atoms with Crippen LogP contribution in [-0.4, -0.2) is 43.7 Å². The van der Waals surface area contributed by atoms with E-state index in [0.717, 1.165) is 24.2 Å². The topological polar surface area (TPSA) is 50.8 Å². The van der Waals surface area contributed by atoms with Gasteiger partial charge in [-0.2, -0.15) is 0 Å². The Labute approximate surface area is 182 Å². The van der Waals surface area contributed by atoms with E-state index in [1.54, 1.807) is 13.2 Å². The number of nitrogens with zero attached hydrogens (tertiary/aromatic N) is 1. The number of benzene rings is 2. The highest BCUT2D eigenvalue weighted by molar-refractivity contribution is 6.32. The quantitative estimate of drug-likeness (QED) is 0.699. The molecule has 0 fully saturated rings. The Kier molecular flexibility index (Phi) is 5.69. The highest BCUT2D eigenvalue weighted by Gasteiger charge is 2.38. The number of likely N-dealkylation sites (N-methyl/N-ethyl adjacent to an activating group) is 1. The minimum atomic E-state index is -0.616. The molecule has 0 saturated heterocycles. The molecule has 0 unspecified atom stereocenters. The van der Waals surface area contributed by atoms with Gasteiger partial charge in [0.05, 0.1) is 12.2 Å². The predicted molar refractivity (Wildman–Crippen MR) is 120 cm³/mol. The van der Waals surface area contributed by atoms with Gasteiger partial charge in [0.15, 0.2) is 0 Å². The summed E-state index contributed by atoms with van der Waals surface area (Å²) in [6, 6.07) is 12.6. The molecule has 0 bridgehead atoms. The fraction of sp³-hybridized carbons (Fsp3) is 0.320. The zero-order valence-electron chi connectivity index (χ0n) is 18.3. The van der Waals surface area contributed by atoms with Crippen LogP contribution in [0.3, 0.4) is 0 Å². The predicted octanol–water partition coefficient (Wildman–Crippen LogP) is 4.46. The van der Waals surface area contributed by atoms with Crippen molar-refractivity contribution < 1.29 is 18.7 Å². The number of rotatable bonds is 6. The van der Waals surface area contributed by atoms with Crippen molar-refractivity contribution in [1.82, 2.24) is 4.90 Å². The summed E-state index contributed by atoms with van der Waals surface area (Å²) in [6.07, 6.45) is 1.90. The van der Waals surface area contributed by atoms with Crippen LogP contribution in [0, 0.1) is 5.82 Å². The first kappa shape index (κ1) is 21.3. The van der Waals surface area contributed by atoms with E-state index in [0.29, 0.717) is 29.2 Å². The van der Waals surface area contributed by atoms with Crippen LogP contribution in [0.1, 0.15) is 30.5 Å². The van der Waals surface area contributed by atoms with E-state index in [2.05, 4.69) is 41.5 Å². The van der Waals surface area contributed by atoms with E-state index in [1.165, 1.54) is 17.7 Å². The Morgan fingerprint density at radius 1 is 1.16 bits per heavy atom. The molecule has 2 aliphatic rings. The second kappa shape index (κ2) is 8.29. The highest BCUT2D eigenvalue weighted by atomic mass is 19.1. The van der Waals surface area contributed by atoms with Gasteiger partial charge in [0.1, 0.15) is 17.2 Å². The number of methoxy groups -OCH3 is 1. The van der Waals surface area contributed by atoms with Crippen LogP contribution in [0.25, 0.3) is 11.1 Å². The lowest BCUT2D eigenvalue weighted by atomic mass is 9.91. The Bertz CT molecular complexity index is 1070. The summed E-state index contributed by atoms with van der Waals surface area (Å²) in [4.78, 5) is 14.8. The lowest BCUT2D eigenvalue weighted by Gasteiger charge is -2.24. The normalized spacial score (nSPS) is 19.3. The summed E-state index contributed by atoms with van der Waals surface area (Å²) < 4.78 is 25.1. The first-order chi connectivity index (χ1) is 14.8. The molecular weight excluding hydrogens is 395 g/mol. The molecule has 31 heavy (non-hydrogen) atoms. The molecular formula is C25H27FN2O3. The van der Waals surface area contributed by atoms with Crippen molar-refractivity contribution >= 4 is 22.7 Å². The minimum absolute atomic E-state index is 0.279. The molecule has 2 aromatic carbocycles. The number of hydrogen-bond donors (Lipinski definition) is 1. The van der Waals surface area contributed by atoms with Crippen molar-refractivity contribution in [2.75, 3.05) is 32.6 Å². The van der Waals surface area contributed by atoms with E-state index in [-0.39, 0.29) is 11.7 Å². The number of anilines is 1. The number of fused-ring (bicyclic) bond motifs is 1.